The van der Waals surface area contributed by atoms with E-state index in [4.69, 9.17) is 0 Å². The topological polar surface area (TPSA) is 46.2 Å². The number of amides is 1. The Bertz CT molecular complexity index is 1580. The van der Waals surface area contributed by atoms with E-state index in [1.165, 1.54) is 11.8 Å². The number of ketones is 1. The fourth-order valence-electron chi connectivity index (χ4n) is 4.82. The summed E-state index contributed by atoms with van der Waals surface area (Å²) in [5, 5.41) is 8.66. The largest absolute Gasteiger partial charge is 0.293 e. The molecule has 0 aliphatic rings. The van der Waals surface area contributed by atoms with Gasteiger partial charge < -0.3 is 0 Å². The number of aryl methyl sites for hydroxylation is 1. The second-order valence-corrected chi connectivity index (χ2v) is 14.9. The van der Waals surface area contributed by atoms with Crippen molar-refractivity contribution in [3.8, 4) is 0 Å². The Morgan fingerprint density at radius 1 is 0.667 bits per heavy atom. The zero-order valence-electron chi connectivity index (χ0n) is 23.1. The van der Waals surface area contributed by atoms with Crippen LogP contribution < -0.4 is 21.2 Å². The first-order valence-electron chi connectivity index (χ1n) is 13.5. The Morgan fingerprint density at radius 3 is 1.60 bits per heavy atom. The van der Waals surface area contributed by atoms with Crippen LogP contribution in [-0.2, 0) is 0 Å². The number of nitrogens with one attached hydrogen (secondary N) is 1. The summed E-state index contributed by atoms with van der Waals surface area (Å²) in [7, 11) is -2.59. The number of hydrogen-bond donors (Lipinski definition) is 1. The molecule has 0 saturated carbocycles. The summed E-state index contributed by atoms with van der Waals surface area (Å²) in [6.07, 6.45) is 0. The molecule has 1 N–H and O–H groups in total. The molecule has 5 aromatic rings. The maximum absolute atomic E-state index is 13.8. The van der Waals surface area contributed by atoms with Gasteiger partial charge >= 0.3 is 0 Å². The normalized spacial score (nSPS) is 11.6. The molecule has 1 amide bonds. The second-order valence-electron chi connectivity index (χ2n) is 9.74. The van der Waals surface area contributed by atoms with Crippen molar-refractivity contribution < 1.29 is 9.59 Å². The summed E-state index contributed by atoms with van der Waals surface area (Å²) in [5.41, 5.74) is 3.10. The lowest BCUT2D eigenvalue weighted by Gasteiger charge is -2.29. The van der Waals surface area contributed by atoms with Gasteiger partial charge in [-0.3, -0.25) is 14.9 Å². The molecule has 6 heteroatoms. The van der Waals surface area contributed by atoms with E-state index in [2.05, 4.69) is 57.6 Å². The smallest absolute Gasteiger partial charge is 0.258 e. The summed E-state index contributed by atoms with van der Waals surface area (Å²) in [6, 6.07) is 46.1. The lowest BCUT2D eigenvalue weighted by Crippen LogP contribution is -2.38. The van der Waals surface area contributed by atoms with Crippen LogP contribution in [0.3, 0.4) is 0 Å². The molecule has 0 bridgehead atoms. The van der Waals surface area contributed by atoms with Gasteiger partial charge in [0.1, 0.15) is 15.9 Å². The third-order valence-electron chi connectivity index (χ3n) is 6.92. The molecule has 0 atom stereocenters. The molecule has 208 valence electrons. The molecular weight excluding hydrogens is 621 g/mol. The van der Waals surface area contributed by atoms with Gasteiger partial charge in [-0.05, 0) is 67.6 Å². The summed E-state index contributed by atoms with van der Waals surface area (Å²) < 4.78 is 0.927. The van der Waals surface area contributed by atoms with Crippen molar-refractivity contribution in [2.24, 2.45) is 0 Å². The van der Waals surface area contributed by atoms with E-state index in [-0.39, 0.29) is 17.4 Å². The second kappa shape index (κ2) is 13.9. The Balaban J connectivity index is 1.66. The van der Waals surface area contributed by atoms with Gasteiger partial charge in [0, 0.05) is 21.0 Å². The quantitative estimate of drug-likeness (QED) is 0.123. The molecule has 0 saturated heterocycles. The van der Waals surface area contributed by atoms with Crippen LogP contribution in [0.1, 0.15) is 26.3 Å². The van der Waals surface area contributed by atoms with E-state index < -0.39 is 7.26 Å². The molecule has 0 radical (unpaired) electrons. The number of Topliss-reactive ketones (excluding diaryl/α,β-unsaturated/α-hetero) is 1. The number of carbonyl (C=O) groups is 2. The number of halogens is 1. The highest BCUT2D eigenvalue weighted by Gasteiger charge is 2.50. The van der Waals surface area contributed by atoms with Crippen molar-refractivity contribution >= 4 is 62.6 Å². The van der Waals surface area contributed by atoms with Crippen LogP contribution in [0.2, 0.25) is 0 Å². The highest BCUT2D eigenvalue weighted by molar-refractivity contribution is 9.10. The van der Waals surface area contributed by atoms with Gasteiger partial charge in [-0.25, -0.2) is 0 Å². The minimum absolute atomic E-state index is 0.0241. The van der Waals surface area contributed by atoms with Gasteiger partial charge in [0.2, 0.25) is 0 Å². The SMILES string of the molecule is Cc1ccc(C(=O)NC(=CSCC(=O)c2ccc(Br)cc2)[P+](c2ccccc2)(c2ccccc2)c2ccccc2)cc1. The van der Waals surface area contributed by atoms with Crippen molar-refractivity contribution in [3.63, 3.8) is 0 Å². The third kappa shape index (κ3) is 6.65. The van der Waals surface area contributed by atoms with Crippen LogP contribution in [0.25, 0.3) is 0 Å². The molecule has 0 heterocycles. The highest BCUT2D eigenvalue weighted by Crippen LogP contribution is 2.61. The van der Waals surface area contributed by atoms with Gasteiger partial charge in [0.05, 0.1) is 5.75 Å². The van der Waals surface area contributed by atoms with Gasteiger partial charge in [-0.15, -0.1) is 11.8 Å². The molecule has 42 heavy (non-hydrogen) atoms. The van der Waals surface area contributed by atoms with E-state index in [1.807, 2.05) is 115 Å². The minimum Gasteiger partial charge on any atom is -0.293 e. The summed E-state index contributed by atoms with van der Waals surface area (Å²) in [6.45, 7) is 2.00. The molecule has 5 aromatic carbocycles. The third-order valence-corrected chi connectivity index (χ3v) is 12.6. The van der Waals surface area contributed by atoms with Gasteiger partial charge in [-0.1, -0.05) is 100 Å². The van der Waals surface area contributed by atoms with Crippen molar-refractivity contribution in [2.45, 2.75) is 6.92 Å². The predicted octanol–water partition coefficient (Wildman–Crippen LogP) is 7.90. The zero-order valence-corrected chi connectivity index (χ0v) is 26.4. The van der Waals surface area contributed by atoms with Crippen molar-refractivity contribution in [1.29, 1.82) is 0 Å². The Hall–Kier alpha value is -3.76. The minimum atomic E-state index is -2.59. The maximum Gasteiger partial charge on any atom is 0.258 e. The number of thioether (sulfide) groups is 1. The number of hydrogen-bond acceptors (Lipinski definition) is 3. The number of carbonyl (C=O) groups excluding carboxylic acids is 2. The molecule has 0 aliphatic carbocycles. The van der Waals surface area contributed by atoms with Crippen LogP contribution in [0.4, 0.5) is 0 Å². The van der Waals surface area contributed by atoms with Crippen LogP contribution in [0.5, 0.6) is 0 Å². The van der Waals surface area contributed by atoms with Crippen LogP contribution in [0.15, 0.2) is 155 Å². The maximum atomic E-state index is 13.8. The molecule has 0 aliphatic heterocycles. The molecule has 0 unspecified atom stereocenters. The Labute approximate surface area is 260 Å². The van der Waals surface area contributed by atoms with Gasteiger partial charge in [0.25, 0.3) is 5.91 Å². The van der Waals surface area contributed by atoms with Crippen molar-refractivity contribution in [3.05, 3.63) is 172 Å². The van der Waals surface area contributed by atoms with E-state index in [9.17, 15) is 9.59 Å². The van der Waals surface area contributed by atoms with Crippen molar-refractivity contribution in [2.75, 3.05) is 5.75 Å². The first-order valence-corrected chi connectivity index (χ1v) is 17.2. The standard InChI is InChI=1S/C36H29BrNO2PS/c1-27-17-19-29(20-18-27)36(40)38-35(26-42-25-34(39)28-21-23-30(37)24-22-28)41(31-11-5-2-6-12-31,32-13-7-3-8-14-32)33-15-9-4-10-16-33/h2-24,26H,25H2,1H3/p+1. The van der Waals surface area contributed by atoms with E-state index >= 15 is 0 Å². The first-order chi connectivity index (χ1) is 20.5. The average Bonchev–Trinajstić information content (AvgIpc) is 3.03. The number of rotatable bonds is 10. The molecule has 0 fully saturated rings. The van der Waals surface area contributed by atoms with E-state index in [1.54, 1.807) is 0 Å². The average molecular weight is 652 g/mol. The van der Waals surface area contributed by atoms with E-state index in [0.29, 0.717) is 11.1 Å². The van der Waals surface area contributed by atoms with Gasteiger partial charge in [0.15, 0.2) is 18.5 Å². The van der Waals surface area contributed by atoms with Gasteiger partial charge in [-0.2, -0.15) is 0 Å². The zero-order chi connectivity index (χ0) is 29.4. The number of benzene rings is 5. The first kappa shape index (κ1) is 29.7. The monoisotopic (exact) mass is 650 g/mol. The van der Waals surface area contributed by atoms with E-state index in [0.717, 1.165) is 31.4 Å². The Morgan fingerprint density at radius 2 is 1.12 bits per heavy atom. The lowest BCUT2D eigenvalue weighted by atomic mass is 10.1. The summed E-state index contributed by atoms with van der Waals surface area (Å²) >= 11 is 4.85. The fourth-order valence-corrected chi connectivity index (χ4v) is 10.4. The van der Waals surface area contributed by atoms with Crippen LogP contribution in [-0.4, -0.2) is 17.4 Å². The Kier molecular flexibility index (Phi) is 9.86. The lowest BCUT2D eigenvalue weighted by molar-refractivity contribution is 0.0967. The molecule has 0 aromatic heterocycles. The van der Waals surface area contributed by atoms with Crippen molar-refractivity contribution in [1.82, 2.24) is 5.32 Å². The molecular formula is C36H30BrNO2PS+. The predicted molar refractivity (Wildman–Crippen MR) is 183 cm³/mol. The molecule has 5 rings (SSSR count). The molecule has 3 nitrogen and oxygen atoms in total. The molecule has 0 spiro atoms. The highest BCUT2D eigenvalue weighted by atomic mass is 79.9. The van der Waals surface area contributed by atoms with Crippen LogP contribution >= 0.6 is 35.0 Å². The van der Waals surface area contributed by atoms with Crippen LogP contribution in [0, 0.1) is 6.92 Å². The fraction of sp³-hybridized carbons (Fsp3) is 0.0556. The summed E-state index contributed by atoms with van der Waals surface area (Å²) in [4.78, 5) is 27.0. The summed E-state index contributed by atoms with van der Waals surface area (Å²) in [5.74, 6) is 0.0773.